The number of rotatable bonds is 22. The van der Waals surface area contributed by atoms with Gasteiger partial charge in [-0.25, -0.2) is 4.79 Å². The molecule has 0 saturated carbocycles. The summed E-state index contributed by atoms with van der Waals surface area (Å²) in [5.41, 5.74) is 1.42. The van der Waals surface area contributed by atoms with Crippen molar-refractivity contribution in [2.75, 3.05) is 13.2 Å². The highest BCUT2D eigenvalue weighted by Gasteiger charge is 2.30. The van der Waals surface area contributed by atoms with Crippen molar-refractivity contribution >= 4 is 5.97 Å². The Balaban J connectivity index is 3.25. The molecule has 0 radical (unpaired) electrons. The first kappa shape index (κ1) is 31.1. The molecule has 0 saturated heterocycles. The molecule has 1 rings (SSSR count). The van der Waals surface area contributed by atoms with Crippen LogP contribution in [-0.4, -0.2) is 29.4 Å². The molecule has 0 heterocycles. The van der Waals surface area contributed by atoms with Gasteiger partial charge >= 0.3 is 5.97 Å². The third kappa shape index (κ3) is 11.1. The Morgan fingerprint density at radius 1 is 0.657 bits per heavy atom. The predicted octanol–water partition coefficient (Wildman–Crippen LogP) is 8.41. The zero-order chi connectivity index (χ0) is 25.9. The van der Waals surface area contributed by atoms with Crippen molar-refractivity contribution in [3.8, 4) is 17.2 Å². The Bertz CT molecular complexity index is 716. The van der Waals surface area contributed by atoms with E-state index in [1.165, 1.54) is 25.7 Å². The molecule has 0 bridgehead atoms. The van der Waals surface area contributed by atoms with Crippen molar-refractivity contribution in [1.29, 1.82) is 0 Å². The fourth-order valence-electron chi connectivity index (χ4n) is 4.24. The van der Waals surface area contributed by atoms with Crippen LogP contribution in [0.15, 0.2) is 0 Å². The molecule has 0 aliphatic rings. The van der Waals surface area contributed by atoms with Gasteiger partial charge in [-0.15, -0.1) is 0 Å². The maximum Gasteiger partial charge on any atom is 0.339 e. The molecular weight excluding hydrogens is 444 g/mol. The van der Waals surface area contributed by atoms with E-state index in [-0.39, 0.29) is 11.3 Å². The number of carboxylic acids is 1. The van der Waals surface area contributed by atoms with Crippen LogP contribution in [0, 0.1) is 0 Å². The number of aromatic hydroxyl groups is 1. The minimum absolute atomic E-state index is 0.0101. The lowest BCUT2D eigenvalue weighted by Crippen LogP contribution is -2.13. The summed E-state index contributed by atoms with van der Waals surface area (Å²) in [5, 5.41) is 21.1. The van der Waals surface area contributed by atoms with Crippen LogP contribution < -0.4 is 9.62 Å². The number of carboxylic acid groups (broad SMARTS) is 1. The molecule has 202 valence electrons. The zero-order valence-electron chi connectivity index (χ0n) is 22.8. The van der Waals surface area contributed by atoms with E-state index < -0.39 is 11.7 Å². The normalized spacial score (nSPS) is 11.1. The van der Waals surface area contributed by atoms with Crippen LogP contribution in [0.4, 0.5) is 0 Å². The van der Waals surface area contributed by atoms with Gasteiger partial charge in [-0.05, 0) is 44.1 Å². The molecule has 0 aliphatic heterocycles. The van der Waals surface area contributed by atoms with Gasteiger partial charge in [0.05, 0.1) is 13.2 Å². The van der Waals surface area contributed by atoms with Crippen LogP contribution in [0.25, 0.3) is 0 Å². The van der Waals surface area contributed by atoms with Crippen LogP contribution in [0.3, 0.4) is 0 Å². The second-order valence-corrected chi connectivity index (χ2v) is 9.43. The first-order chi connectivity index (χ1) is 17.0. The van der Waals surface area contributed by atoms with E-state index in [1.807, 2.05) is 0 Å². The van der Waals surface area contributed by atoms with Crippen LogP contribution in [-0.2, 0) is 17.7 Å². The molecule has 1 aromatic carbocycles. The molecule has 0 atom stereocenters. The largest absolute Gasteiger partial charge is 0.503 e. The summed E-state index contributed by atoms with van der Waals surface area (Å²) in [5.74, 6) is -1.08. The lowest BCUT2D eigenvalue weighted by Gasteiger charge is -2.22. The Labute approximate surface area is 213 Å². The van der Waals surface area contributed by atoms with Gasteiger partial charge in [0.2, 0.25) is 5.75 Å². The fourth-order valence-corrected chi connectivity index (χ4v) is 4.24. The number of carbonyl (C=O) groups is 1. The topological polar surface area (TPSA) is 85.2 Å². The molecule has 0 aliphatic carbocycles. The first-order valence-corrected chi connectivity index (χ1v) is 14.1. The molecule has 6 heteroatoms. The van der Waals surface area contributed by atoms with E-state index in [4.69, 9.17) is 14.5 Å². The lowest BCUT2D eigenvalue weighted by atomic mass is 9.91. The summed E-state index contributed by atoms with van der Waals surface area (Å²) < 4.78 is 6.23. The highest BCUT2D eigenvalue weighted by Crippen LogP contribution is 2.46. The minimum Gasteiger partial charge on any atom is -0.503 e. The number of aromatic carboxylic acids is 1. The van der Waals surface area contributed by atoms with Gasteiger partial charge in [0.1, 0.15) is 5.56 Å². The summed E-state index contributed by atoms with van der Waals surface area (Å²) in [7, 11) is 0. The van der Waals surface area contributed by atoms with Crippen LogP contribution in [0.2, 0.25) is 0 Å². The van der Waals surface area contributed by atoms with E-state index in [2.05, 4.69) is 27.7 Å². The summed E-state index contributed by atoms with van der Waals surface area (Å²) in [6.07, 6.45) is 15.8. The predicted molar refractivity (Wildman–Crippen MR) is 142 cm³/mol. The quantitative estimate of drug-likeness (QED) is 0.0956. The Morgan fingerprint density at radius 3 is 1.71 bits per heavy atom. The van der Waals surface area contributed by atoms with Gasteiger partial charge < -0.3 is 19.8 Å². The van der Waals surface area contributed by atoms with Gasteiger partial charge in [-0.1, -0.05) is 91.9 Å². The van der Waals surface area contributed by atoms with Crippen LogP contribution >= 0.6 is 0 Å². The van der Waals surface area contributed by atoms with Crippen molar-refractivity contribution in [3.63, 3.8) is 0 Å². The molecule has 0 unspecified atom stereocenters. The molecule has 0 fully saturated rings. The number of unbranched alkanes of at least 4 members (excludes halogenated alkanes) is 10. The standard InChI is InChI=1S/C29H50O6/c1-5-9-13-15-17-21-33-27-24(20-12-8-4)23(19-11-7-3)25(29(31)32)26(30)28(27)35-34-22-18-16-14-10-6-2/h30H,5-22H2,1-4H3,(H,31,32). The van der Waals surface area contributed by atoms with E-state index >= 15 is 0 Å². The number of phenols is 1. The maximum absolute atomic E-state index is 12.2. The van der Waals surface area contributed by atoms with Crippen molar-refractivity contribution in [2.24, 2.45) is 0 Å². The van der Waals surface area contributed by atoms with Crippen molar-refractivity contribution in [3.05, 3.63) is 16.7 Å². The first-order valence-electron chi connectivity index (χ1n) is 14.1. The smallest absolute Gasteiger partial charge is 0.339 e. The summed E-state index contributed by atoms with van der Waals surface area (Å²) in [4.78, 5) is 23.3. The van der Waals surface area contributed by atoms with Crippen LogP contribution in [0.5, 0.6) is 17.2 Å². The second-order valence-electron chi connectivity index (χ2n) is 9.43. The average molecular weight is 495 g/mol. The minimum atomic E-state index is -1.15. The Hall–Kier alpha value is -1.95. The Morgan fingerprint density at radius 2 is 1.17 bits per heavy atom. The molecule has 0 aromatic heterocycles. The van der Waals surface area contributed by atoms with Gasteiger partial charge in [0.15, 0.2) is 11.5 Å². The Kier molecular flexibility index (Phi) is 17.1. The van der Waals surface area contributed by atoms with Gasteiger partial charge in [-0.3, -0.25) is 0 Å². The lowest BCUT2D eigenvalue weighted by molar-refractivity contribution is -0.209. The summed E-state index contributed by atoms with van der Waals surface area (Å²) >= 11 is 0. The SMILES string of the molecule is CCCCCCCOOc1c(O)c(C(=O)O)c(CCCC)c(CCCC)c1OCCCCCCC. The molecule has 0 spiro atoms. The number of ether oxygens (including phenoxy) is 1. The molecule has 6 nitrogen and oxygen atoms in total. The van der Waals surface area contributed by atoms with Gasteiger partial charge in [-0.2, -0.15) is 4.89 Å². The zero-order valence-corrected chi connectivity index (χ0v) is 22.8. The molecular formula is C29H50O6. The fraction of sp³-hybridized carbons (Fsp3) is 0.759. The van der Waals surface area contributed by atoms with E-state index in [0.717, 1.165) is 69.8 Å². The van der Waals surface area contributed by atoms with Crippen molar-refractivity contribution < 1.29 is 29.5 Å². The highest BCUT2D eigenvalue weighted by molar-refractivity contribution is 5.95. The van der Waals surface area contributed by atoms with Crippen molar-refractivity contribution in [1.82, 2.24) is 0 Å². The highest BCUT2D eigenvalue weighted by atomic mass is 17.2. The monoisotopic (exact) mass is 494 g/mol. The van der Waals surface area contributed by atoms with E-state index in [9.17, 15) is 15.0 Å². The van der Waals surface area contributed by atoms with Crippen molar-refractivity contribution in [2.45, 2.75) is 130 Å². The van der Waals surface area contributed by atoms with E-state index in [0.29, 0.717) is 37.4 Å². The third-order valence-electron chi connectivity index (χ3n) is 6.34. The molecule has 1 aromatic rings. The molecule has 0 amide bonds. The van der Waals surface area contributed by atoms with E-state index in [1.54, 1.807) is 0 Å². The van der Waals surface area contributed by atoms with Crippen LogP contribution in [0.1, 0.15) is 139 Å². The third-order valence-corrected chi connectivity index (χ3v) is 6.34. The number of hydrogen-bond donors (Lipinski definition) is 2. The summed E-state index contributed by atoms with van der Waals surface area (Å²) in [6.45, 7) is 9.42. The number of hydrogen-bond acceptors (Lipinski definition) is 5. The summed E-state index contributed by atoms with van der Waals surface area (Å²) in [6, 6.07) is 0. The van der Waals surface area contributed by atoms with Gasteiger partial charge in [0.25, 0.3) is 0 Å². The molecule has 35 heavy (non-hydrogen) atoms. The second kappa shape index (κ2) is 19.3. The maximum atomic E-state index is 12.2. The molecule has 2 N–H and O–H groups in total. The average Bonchev–Trinajstić information content (AvgIpc) is 2.84. The van der Waals surface area contributed by atoms with Gasteiger partial charge in [0, 0.05) is 5.56 Å². The number of benzene rings is 1.